The maximum Gasteiger partial charge on any atom is 0.236 e. The summed E-state index contributed by atoms with van der Waals surface area (Å²) in [4.78, 5) is 27.0. The molecule has 0 spiro atoms. The summed E-state index contributed by atoms with van der Waals surface area (Å²) in [6.45, 7) is 6.98. The first kappa shape index (κ1) is 18.2. The van der Waals surface area contributed by atoms with Gasteiger partial charge in [0.2, 0.25) is 11.8 Å². The molecule has 136 valence electrons. The number of benzene rings is 2. The van der Waals surface area contributed by atoms with Gasteiger partial charge in [0.05, 0.1) is 0 Å². The summed E-state index contributed by atoms with van der Waals surface area (Å²) in [7, 11) is 0. The molecule has 0 saturated heterocycles. The zero-order valence-corrected chi connectivity index (χ0v) is 15.7. The molecular formula is C22H26N2O2. The molecule has 0 aliphatic carbocycles. The van der Waals surface area contributed by atoms with Crippen molar-refractivity contribution >= 4 is 23.2 Å². The fourth-order valence-electron chi connectivity index (χ4n) is 3.47. The van der Waals surface area contributed by atoms with Gasteiger partial charge in [-0.05, 0) is 41.5 Å². The standard InChI is InChI=1S/C22H26N2O2/c1-22(2,3)17-11-5-6-12-18(17)23-20(25)15-21(26)24-14-8-10-16-9-4-7-13-19(16)24/h4-7,9,11-13H,8,10,14-15H2,1-3H3,(H,23,25). The van der Waals surface area contributed by atoms with Gasteiger partial charge < -0.3 is 10.2 Å². The normalized spacial score (nSPS) is 13.9. The number of carbonyl (C=O) groups excluding carboxylic acids is 2. The Morgan fingerprint density at radius 1 is 1.04 bits per heavy atom. The Morgan fingerprint density at radius 2 is 1.73 bits per heavy atom. The van der Waals surface area contributed by atoms with E-state index >= 15 is 0 Å². The molecule has 0 unspecified atom stereocenters. The first-order valence-corrected chi connectivity index (χ1v) is 9.14. The Morgan fingerprint density at radius 3 is 2.50 bits per heavy atom. The van der Waals surface area contributed by atoms with Crippen LogP contribution in [0, 0.1) is 0 Å². The van der Waals surface area contributed by atoms with Crippen LogP contribution in [0.15, 0.2) is 48.5 Å². The molecule has 0 bridgehead atoms. The summed E-state index contributed by atoms with van der Waals surface area (Å²) in [5, 5.41) is 2.92. The van der Waals surface area contributed by atoms with Gasteiger partial charge >= 0.3 is 0 Å². The number of aryl methyl sites for hydroxylation is 1. The van der Waals surface area contributed by atoms with E-state index in [9.17, 15) is 9.59 Å². The van der Waals surface area contributed by atoms with Crippen LogP contribution in [0.3, 0.4) is 0 Å². The van der Waals surface area contributed by atoms with Crippen LogP contribution >= 0.6 is 0 Å². The van der Waals surface area contributed by atoms with E-state index in [1.54, 1.807) is 4.90 Å². The molecule has 0 radical (unpaired) electrons. The van der Waals surface area contributed by atoms with Crippen LogP contribution in [0.1, 0.15) is 44.7 Å². The molecule has 2 aromatic rings. The maximum atomic E-state index is 12.7. The lowest BCUT2D eigenvalue weighted by Crippen LogP contribution is -2.37. The Labute approximate surface area is 155 Å². The Hall–Kier alpha value is -2.62. The topological polar surface area (TPSA) is 49.4 Å². The van der Waals surface area contributed by atoms with Gasteiger partial charge in [-0.25, -0.2) is 0 Å². The summed E-state index contributed by atoms with van der Waals surface area (Å²) in [5.74, 6) is -0.419. The molecule has 1 heterocycles. The van der Waals surface area contributed by atoms with E-state index in [1.165, 1.54) is 5.56 Å². The molecule has 1 aliphatic heterocycles. The Balaban J connectivity index is 1.71. The van der Waals surface area contributed by atoms with Gasteiger partial charge in [-0.3, -0.25) is 9.59 Å². The quantitative estimate of drug-likeness (QED) is 0.840. The van der Waals surface area contributed by atoms with Crippen molar-refractivity contribution in [3.05, 3.63) is 59.7 Å². The molecule has 0 atom stereocenters. The summed E-state index contributed by atoms with van der Waals surface area (Å²) >= 11 is 0. The van der Waals surface area contributed by atoms with Crippen molar-refractivity contribution in [1.82, 2.24) is 0 Å². The average molecular weight is 350 g/mol. The maximum absolute atomic E-state index is 12.7. The summed E-state index contributed by atoms with van der Waals surface area (Å²) < 4.78 is 0. The highest BCUT2D eigenvalue weighted by molar-refractivity contribution is 6.09. The van der Waals surface area contributed by atoms with Crippen molar-refractivity contribution < 1.29 is 9.59 Å². The number of hydrogen-bond acceptors (Lipinski definition) is 2. The second-order valence-corrected chi connectivity index (χ2v) is 7.80. The number of hydrogen-bond donors (Lipinski definition) is 1. The van der Waals surface area contributed by atoms with Gasteiger partial charge in [-0.2, -0.15) is 0 Å². The lowest BCUT2D eigenvalue weighted by Gasteiger charge is -2.29. The van der Waals surface area contributed by atoms with Crippen LogP contribution in [0.5, 0.6) is 0 Å². The van der Waals surface area contributed by atoms with Gasteiger partial charge in [-0.15, -0.1) is 0 Å². The van der Waals surface area contributed by atoms with Crippen molar-refractivity contribution in [2.75, 3.05) is 16.8 Å². The molecule has 26 heavy (non-hydrogen) atoms. The third-order valence-corrected chi connectivity index (χ3v) is 4.73. The second-order valence-electron chi connectivity index (χ2n) is 7.80. The third-order valence-electron chi connectivity index (χ3n) is 4.73. The molecule has 4 nitrogen and oxygen atoms in total. The van der Waals surface area contributed by atoms with Gasteiger partial charge in [0, 0.05) is 17.9 Å². The number of fused-ring (bicyclic) bond motifs is 1. The molecular weight excluding hydrogens is 324 g/mol. The van der Waals surface area contributed by atoms with E-state index in [-0.39, 0.29) is 23.7 Å². The molecule has 2 amide bonds. The van der Waals surface area contributed by atoms with Gasteiger partial charge in [0.15, 0.2) is 0 Å². The van der Waals surface area contributed by atoms with Crippen LogP contribution < -0.4 is 10.2 Å². The summed E-state index contributed by atoms with van der Waals surface area (Å²) in [5.41, 5.74) is 3.86. The van der Waals surface area contributed by atoms with E-state index in [4.69, 9.17) is 0 Å². The first-order valence-electron chi connectivity index (χ1n) is 9.14. The molecule has 0 saturated carbocycles. The number of anilines is 2. The highest BCUT2D eigenvalue weighted by Gasteiger charge is 2.25. The molecule has 1 aliphatic rings. The van der Waals surface area contributed by atoms with Crippen molar-refractivity contribution in [2.45, 2.75) is 45.4 Å². The highest BCUT2D eigenvalue weighted by atomic mass is 16.2. The fraction of sp³-hybridized carbons (Fsp3) is 0.364. The minimum absolute atomic E-state index is 0.0836. The minimum Gasteiger partial charge on any atom is -0.325 e. The van der Waals surface area contributed by atoms with Gasteiger partial charge in [-0.1, -0.05) is 57.2 Å². The van der Waals surface area contributed by atoms with Crippen molar-refractivity contribution in [1.29, 1.82) is 0 Å². The zero-order valence-electron chi connectivity index (χ0n) is 15.7. The van der Waals surface area contributed by atoms with Crippen LogP contribution in [0.2, 0.25) is 0 Å². The van der Waals surface area contributed by atoms with Crippen LogP contribution in [0.25, 0.3) is 0 Å². The number of rotatable bonds is 3. The molecule has 0 aromatic heterocycles. The van der Waals surface area contributed by atoms with Gasteiger partial charge in [0.1, 0.15) is 6.42 Å². The van der Waals surface area contributed by atoms with Crippen LogP contribution in [-0.2, 0) is 21.4 Å². The van der Waals surface area contributed by atoms with E-state index in [2.05, 4.69) is 32.2 Å². The fourth-order valence-corrected chi connectivity index (χ4v) is 3.47. The van der Waals surface area contributed by atoms with Crippen LogP contribution in [0.4, 0.5) is 11.4 Å². The predicted molar refractivity (Wildman–Crippen MR) is 106 cm³/mol. The first-order chi connectivity index (χ1) is 12.4. The molecule has 2 aromatic carbocycles. The molecule has 1 N–H and O–H groups in total. The van der Waals surface area contributed by atoms with E-state index < -0.39 is 0 Å². The number of amides is 2. The Bertz CT molecular complexity index is 821. The largest absolute Gasteiger partial charge is 0.325 e. The number of para-hydroxylation sites is 2. The Kier molecular flexibility index (Phi) is 5.12. The predicted octanol–water partition coefficient (Wildman–Crippen LogP) is 4.29. The summed E-state index contributed by atoms with van der Waals surface area (Å²) in [6, 6.07) is 15.7. The van der Waals surface area contributed by atoms with Crippen molar-refractivity contribution in [3.63, 3.8) is 0 Å². The lowest BCUT2D eigenvalue weighted by atomic mass is 9.86. The van der Waals surface area contributed by atoms with Crippen LogP contribution in [-0.4, -0.2) is 18.4 Å². The third kappa shape index (κ3) is 3.96. The minimum atomic E-state index is -0.269. The molecule has 0 fully saturated rings. The van der Waals surface area contributed by atoms with E-state index in [0.717, 1.165) is 29.8 Å². The zero-order chi connectivity index (χ0) is 18.7. The van der Waals surface area contributed by atoms with E-state index in [0.29, 0.717) is 6.54 Å². The SMILES string of the molecule is CC(C)(C)c1ccccc1NC(=O)CC(=O)N1CCCc2ccccc21. The molecule has 4 heteroatoms. The van der Waals surface area contributed by atoms with Crippen molar-refractivity contribution in [2.24, 2.45) is 0 Å². The lowest BCUT2D eigenvalue weighted by molar-refractivity contribution is -0.125. The van der Waals surface area contributed by atoms with Crippen molar-refractivity contribution in [3.8, 4) is 0 Å². The number of carbonyl (C=O) groups is 2. The van der Waals surface area contributed by atoms with E-state index in [1.807, 2.05) is 42.5 Å². The monoisotopic (exact) mass is 350 g/mol. The molecule has 3 rings (SSSR count). The second kappa shape index (κ2) is 7.32. The average Bonchev–Trinajstić information content (AvgIpc) is 2.60. The highest BCUT2D eigenvalue weighted by Crippen LogP contribution is 2.30. The number of nitrogens with zero attached hydrogens (tertiary/aromatic N) is 1. The number of nitrogens with one attached hydrogen (secondary N) is 1. The van der Waals surface area contributed by atoms with Gasteiger partial charge in [0.25, 0.3) is 0 Å². The summed E-state index contributed by atoms with van der Waals surface area (Å²) in [6.07, 6.45) is 1.76. The smallest absolute Gasteiger partial charge is 0.236 e.